The Balaban J connectivity index is 2.16. The maximum Gasteiger partial charge on any atom is 0.195 e. The molecule has 0 radical (unpaired) electrons. The van der Waals surface area contributed by atoms with Gasteiger partial charge < -0.3 is 21.5 Å². The molecular weight excluding hydrogens is 180 g/mol. The first-order chi connectivity index (χ1) is 6.57. The fraction of sp³-hybridized carbons (Fsp3) is 0.667. The Bertz CT molecular complexity index is 289. The number of ether oxygens (including phenoxy) is 1. The molecule has 2 aliphatic heterocycles. The first-order valence-electron chi connectivity index (χ1n) is 4.78. The van der Waals surface area contributed by atoms with E-state index in [2.05, 4.69) is 10.3 Å². The molecule has 78 valence electrons. The quantitative estimate of drug-likeness (QED) is 0.527. The summed E-state index contributed by atoms with van der Waals surface area (Å²) in [5, 5.41) is 3.04. The molecule has 2 heterocycles. The van der Waals surface area contributed by atoms with E-state index < -0.39 is 5.66 Å². The average molecular weight is 196 g/mol. The van der Waals surface area contributed by atoms with Crippen molar-refractivity contribution in [2.75, 3.05) is 13.2 Å². The molecule has 0 aromatic rings. The molecule has 0 aromatic carbocycles. The van der Waals surface area contributed by atoms with Crippen LogP contribution in [0.2, 0.25) is 0 Å². The highest BCUT2D eigenvalue weighted by Gasteiger charge is 2.27. The lowest BCUT2D eigenvalue weighted by atomic mass is 10.00. The second kappa shape index (κ2) is 3.25. The molecule has 5 N–H and O–H groups in total. The van der Waals surface area contributed by atoms with Crippen LogP contribution in [0.4, 0.5) is 0 Å². The molecule has 0 amide bonds. The predicted octanol–water partition coefficient (Wildman–Crippen LogP) is -0.500. The zero-order valence-electron chi connectivity index (χ0n) is 8.29. The molecule has 2 aliphatic rings. The Morgan fingerprint density at radius 3 is 3.07 bits per heavy atom. The van der Waals surface area contributed by atoms with Gasteiger partial charge in [0.25, 0.3) is 0 Å². The Kier molecular flexibility index (Phi) is 2.20. The van der Waals surface area contributed by atoms with Gasteiger partial charge in [-0.2, -0.15) is 0 Å². The standard InChI is InChI=1S/C9H16N4O/c1-9(11)4-7(12-8(10)13-9)6-2-3-14-5-6/h4,6H,2-3,5,11H2,1H3,(H3,10,12,13). The number of hydrogen-bond acceptors (Lipinski definition) is 5. The molecule has 2 atom stereocenters. The lowest BCUT2D eigenvalue weighted by Gasteiger charge is -2.27. The average Bonchev–Trinajstić information content (AvgIpc) is 2.51. The third kappa shape index (κ3) is 1.88. The van der Waals surface area contributed by atoms with Gasteiger partial charge in [0, 0.05) is 18.2 Å². The van der Waals surface area contributed by atoms with Crippen LogP contribution in [-0.4, -0.2) is 24.8 Å². The molecule has 2 rings (SSSR count). The van der Waals surface area contributed by atoms with E-state index in [9.17, 15) is 0 Å². The van der Waals surface area contributed by atoms with Crippen LogP contribution < -0.4 is 16.8 Å². The number of nitrogens with two attached hydrogens (primary N) is 2. The minimum absolute atomic E-state index is 0.381. The van der Waals surface area contributed by atoms with Crippen molar-refractivity contribution in [2.24, 2.45) is 22.4 Å². The maximum atomic E-state index is 5.90. The van der Waals surface area contributed by atoms with E-state index in [0.717, 1.165) is 25.3 Å². The number of nitrogens with zero attached hydrogens (tertiary/aromatic N) is 1. The minimum Gasteiger partial charge on any atom is -0.381 e. The SMILES string of the molecule is CC1(N)C=C(C2CCOC2)NC(N)=N1. The normalized spacial score (nSPS) is 37.4. The van der Waals surface area contributed by atoms with Crippen molar-refractivity contribution in [3.63, 3.8) is 0 Å². The van der Waals surface area contributed by atoms with E-state index >= 15 is 0 Å². The summed E-state index contributed by atoms with van der Waals surface area (Å²) in [5.41, 5.74) is 11.9. The number of guanidine groups is 1. The van der Waals surface area contributed by atoms with E-state index in [1.165, 1.54) is 0 Å². The zero-order chi connectivity index (χ0) is 10.2. The molecule has 2 unspecified atom stereocenters. The Morgan fingerprint density at radius 2 is 2.50 bits per heavy atom. The number of nitrogens with one attached hydrogen (secondary N) is 1. The first kappa shape index (κ1) is 9.48. The fourth-order valence-electron chi connectivity index (χ4n) is 1.82. The Labute approximate surface area is 83.2 Å². The van der Waals surface area contributed by atoms with Gasteiger partial charge in [-0.25, -0.2) is 4.99 Å². The summed E-state index contributed by atoms with van der Waals surface area (Å²) < 4.78 is 5.31. The molecule has 5 nitrogen and oxygen atoms in total. The number of hydrogen-bond donors (Lipinski definition) is 3. The lowest BCUT2D eigenvalue weighted by Crippen LogP contribution is -2.46. The summed E-state index contributed by atoms with van der Waals surface area (Å²) in [6.45, 7) is 3.38. The van der Waals surface area contributed by atoms with Crippen molar-refractivity contribution in [2.45, 2.75) is 19.0 Å². The monoisotopic (exact) mass is 196 g/mol. The van der Waals surface area contributed by atoms with Gasteiger partial charge in [0.2, 0.25) is 0 Å². The van der Waals surface area contributed by atoms with E-state index in [4.69, 9.17) is 16.2 Å². The van der Waals surface area contributed by atoms with Crippen molar-refractivity contribution in [1.29, 1.82) is 0 Å². The molecule has 0 aromatic heterocycles. The summed E-state index contributed by atoms with van der Waals surface area (Å²) in [6.07, 6.45) is 2.94. The van der Waals surface area contributed by atoms with E-state index in [-0.39, 0.29) is 0 Å². The highest BCUT2D eigenvalue weighted by molar-refractivity contribution is 5.81. The molecule has 0 bridgehead atoms. The number of aliphatic imine (C=N–C) groups is 1. The highest BCUT2D eigenvalue weighted by Crippen LogP contribution is 2.23. The molecule has 5 heteroatoms. The first-order valence-corrected chi connectivity index (χ1v) is 4.78. The van der Waals surface area contributed by atoms with Crippen LogP contribution in [0, 0.1) is 5.92 Å². The van der Waals surface area contributed by atoms with Gasteiger partial charge in [-0.3, -0.25) is 0 Å². The minimum atomic E-state index is -0.687. The topological polar surface area (TPSA) is 85.7 Å². The fourth-order valence-corrected chi connectivity index (χ4v) is 1.82. The third-order valence-electron chi connectivity index (χ3n) is 2.45. The van der Waals surface area contributed by atoms with Crippen LogP contribution >= 0.6 is 0 Å². The summed E-state index contributed by atoms with van der Waals surface area (Å²) in [6, 6.07) is 0. The van der Waals surface area contributed by atoms with E-state index in [1.54, 1.807) is 0 Å². The van der Waals surface area contributed by atoms with Gasteiger partial charge in [0.1, 0.15) is 5.66 Å². The van der Waals surface area contributed by atoms with E-state index in [0.29, 0.717) is 11.9 Å². The summed E-state index contributed by atoms with van der Waals surface area (Å²) in [5.74, 6) is 0.770. The van der Waals surface area contributed by atoms with Crippen molar-refractivity contribution >= 4 is 5.96 Å². The van der Waals surface area contributed by atoms with Crippen LogP contribution in [0.5, 0.6) is 0 Å². The third-order valence-corrected chi connectivity index (χ3v) is 2.45. The van der Waals surface area contributed by atoms with Crippen LogP contribution in [0.15, 0.2) is 16.8 Å². The van der Waals surface area contributed by atoms with Gasteiger partial charge in [0.15, 0.2) is 5.96 Å². The molecule has 0 aliphatic carbocycles. The Hall–Kier alpha value is -1.07. The molecule has 1 saturated heterocycles. The maximum absolute atomic E-state index is 5.90. The van der Waals surface area contributed by atoms with Crippen molar-refractivity contribution in [3.05, 3.63) is 11.8 Å². The van der Waals surface area contributed by atoms with Crippen LogP contribution in [0.25, 0.3) is 0 Å². The van der Waals surface area contributed by atoms with Gasteiger partial charge in [-0.05, 0) is 19.4 Å². The van der Waals surface area contributed by atoms with Crippen molar-refractivity contribution in [3.8, 4) is 0 Å². The van der Waals surface area contributed by atoms with Crippen LogP contribution in [0.3, 0.4) is 0 Å². The second-order valence-corrected chi connectivity index (χ2v) is 4.01. The van der Waals surface area contributed by atoms with Gasteiger partial charge in [0.05, 0.1) is 6.61 Å². The molecule has 0 spiro atoms. The Morgan fingerprint density at radius 1 is 1.71 bits per heavy atom. The second-order valence-electron chi connectivity index (χ2n) is 4.01. The van der Waals surface area contributed by atoms with Crippen LogP contribution in [0.1, 0.15) is 13.3 Å². The van der Waals surface area contributed by atoms with Crippen molar-refractivity contribution in [1.82, 2.24) is 5.32 Å². The van der Waals surface area contributed by atoms with Crippen molar-refractivity contribution < 1.29 is 4.74 Å². The smallest absolute Gasteiger partial charge is 0.195 e. The molecule has 0 saturated carbocycles. The predicted molar refractivity (Wildman–Crippen MR) is 54.4 cm³/mol. The van der Waals surface area contributed by atoms with Gasteiger partial charge in [-0.15, -0.1) is 0 Å². The lowest BCUT2D eigenvalue weighted by molar-refractivity contribution is 0.189. The molecular formula is C9H16N4O. The summed E-state index contributed by atoms with van der Waals surface area (Å²) in [7, 11) is 0. The molecule has 14 heavy (non-hydrogen) atoms. The zero-order valence-corrected chi connectivity index (χ0v) is 8.29. The van der Waals surface area contributed by atoms with Gasteiger partial charge >= 0.3 is 0 Å². The molecule has 1 fully saturated rings. The summed E-state index contributed by atoms with van der Waals surface area (Å²) >= 11 is 0. The van der Waals surface area contributed by atoms with E-state index in [1.807, 2.05) is 13.0 Å². The highest BCUT2D eigenvalue weighted by atomic mass is 16.5. The van der Waals surface area contributed by atoms with Gasteiger partial charge in [-0.1, -0.05) is 0 Å². The largest absolute Gasteiger partial charge is 0.381 e. The summed E-state index contributed by atoms with van der Waals surface area (Å²) in [4.78, 5) is 4.08. The number of rotatable bonds is 1. The van der Waals surface area contributed by atoms with Crippen LogP contribution in [-0.2, 0) is 4.74 Å².